The number of hydrogen-bond acceptors (Lipinski definition) is 5. The van der Waals surface area contributed by atoms with E-state index in [1.54, 1.807) is 11.3 Å². The summed E-state index contributed by atoms with van der Waals surface area (Å²) in [5.41, 5.74) is 2.00. The fourth-order valence-corrected chi connectivity index (χ4v) is 2.54. The maximum atomic E-state index is 5.57. The van der Waals surface area contributed by atoms with Crippen molar-refractivity contribution < 1.29 is 4.74 Å². The molecule has 0 spiro atoms. The number of nitrogens with one attached hydrogen (secondary N) is 1. The van der Waals surface area contributed by atoms with Gasteiger partial charge in [0, 0.05) is 10.9 Å². The Kier molecular flexibility index (Phi) is 3.73. The number of H-pyrrole nitrogens is 1. The van der Waals surface area contributed by atoms with Gasteiger partial charge in [0.25, 0.3) is 0 Å². The highest BCUT2D eigenvalue weighted by Crippen LogP contribution is 2.27. The van der Waals surface area contributed by atoms with E-state index in [1.807, 2.05) is 29.6 Å². The fraction of sp³-hybridized carbons (Fsp3) is 0.214. The molecule has 0 fully saturated rings. The average Bonchev–Trinajstić information content (AvgIpc) is 3.16. The van der Waals surface area contributed by atoms with Crippen LogP contribution in [0.1, 0.15) is 13.3 Å². The van der Waals surface area contributed by atoms with E-state index >= 15 is 0 Å². The van der Waals surface area contributed by atoms with E-state index in [2.05, 4.69) is 27.1 Å². The van der Waals surface area contributed by atoms with Crippen molar-refractivity contribution in [1.82, 2.24) is 20.2 Å². The molecule has 0 amide bonds. The van der Waals surface area contributed by atoms with Gasteiger partial charge < -0.3 is 4.74 Å². The molecule has 20 heavy (non-hydrogen) atoms. The summed E-state index contributed by atoms with van der Waals surface area (Å²) in [6.45, 7) is 2.83. The Bertz CT molecular complexity index is 661. The van der Waals surface area contributed by atoms with Gasteiger partial charge >= 0.3 is 0 Å². The second kappa shape index (κ2) is 5.83. The molecule has 0 bridgehead atoms. The highest BCUT2D eigenvalue weighted by Gasteiger charge is 2.08. The molecule has 3 rings (SSSR count). The highest BCUT2D eigenvalue weighted by molar-refractivity contribution is 7.13. The van der Waals surface area contributed by atoms with Crippen molar-refractivity contribution in [2.75, 3.05) is 6.61 Å². The normalized spacial score (nSPS) is 10.7. The molecular weight excluding hydrogens is 272 g/mol. The van der Waals surface area contributed by atoms with Gasteiger partial charge in [0.2, 0.25) is 0 Å². The van der Waals surface area contributed by atoms with Crippen molar-refractivity contribution >= 4 is 11.3 Å². The maximum Gasteiger partial charge on any atom is 0.184 e. The lowest BCUT2D eigenvalue weighted by atomic mass is 10.2. The molecule has 2 heterocycles. The van der Waals surface area contributed by atoms with Crippen molar-refractivity contribution in [2.45, 2.75) is 13.3 Å². The molecule has 3 aromatic rings. The van der Waals surface area contributed by atoms with E-state index in [-0.39, 0.29) is 0 Å². The summed E-state index contributed by atoms with van der Waals surface area (Å²) in [7, 11) is 0. The third kappa shape index (κ3) is 2.70. The van der Waals surface area contributed by atoms with Gasteiger partial charge in [-0.3, -0.25) is 5.10 Å². The predicted molar refractivity (Wildman–Crippen MR) is 78.7 cm³/mol. The van der Waals surface area contributed by atoms with Crippen LogP contribution in [0.4, 0.5) is 0 Å². The Balaban J connectivity index is 1.79. The van der Waals surface area contributed by atoms with Gasteiger partial charge in [-0.2, -0.15) is 5.10 Å². The van der Waals surface area contributed by atoms with E-state index in [4.69, 9.17) is 4.74 Å². The molecule has 0 saturated heterocycles. The van der Waals surface area contributed by atoms with Crippen LogP contribution in [0.2, 0.25) is 0 Å². The highest BCUT2D eigenvalue weighted by atomic mass is 32.1. The Labute approximate surface area is 120 Å². The molecule has 0 aliphatic carbocycles. The molecule has 1 aromatic carbocycles. The van der Waals surface area contributed by atoms with Crippen molar-refractivity contribution in [2.24, 2.45) is 0 Å². The van der Waals surface area contributed by atoms with E-state index in [9.17, 15) is 0 Å². The molecule has 102 valence electrons. The molecule has 5 nitrogen and oxygen atoms in total. The summed E-state index contributed by atoms with van der Waals surface area (Å²) in [5, 5.41) is 9.50. The quantitative estimate of drug-likeness (QED) is 0.781. The number of nitrogens with zero attached hydrogens (tertiary/aromatic N) is 3. The molecule has 1 N–H and O–H groups in total. The van der Waals surface area contributed by atoms with Crippen LogP contribution in [0.25, 0.3) is 22.1 Å². The molecule has 2 aromatic heterocycles. The predicted octanol–water partition coefficient (Wildman–Crippen LogP) is 3.38. The van der Waals surface area contributed by atoms with Crippen molar-refractivity contribution in [1.29, 1.82) is 0 Å². The van der Waals surface area contributed by atoms with Crippen LogP contribution in [-0.2, 0) is 0 Å². The average molecular weight is 286 g/mol. The van der Waals surface area contributed by atoms with Gasteiger partial charge in [0.05, 0.1) is 12.3 Å². The van der Waals surface area contributed by atoms with E-state index in [0.29, 0.717) is 5.82 Å². The number of thiazole rings is 1. The van der Waals surface area contributed by atoms with Crippen LogP contribution in [0.5, 0.6) is 5.75 Å². The first-order chi connectivity index (χ1) is 9.86. The Morgan fingerprint density at radius 3 is 2.80 bits per heavy atom. The minimum Gasteiger partial charge on any atom is -0.494 e. The Morgan fingerprint density at radius 1 is 1.25 bits per heavy atom. The molecule has 6 heteroatoms. The SMILES string of the molecule is CCCOc1ccc(-c2csc(-c3ncn[nH]3)n2)cc1. The molecule has 0 atom stereocenters. The van der Waals surface area contributed by atoms with Crippen molar-refractivity contribution in [3.63, 3.8) is 0 Å². The van der Waals surface area contributed by atoms with Crippen molar-refractivity contribution in [3.05, 3.63) is 36.0 Å². The summed E-state index contributed by atoms with van der Waals surface area (Å²) in [5.74, 6) is 1.59. The second-order valence-corrected chi connectivity index (χ2v) is 5.10. The van der Waals surface area contributed by atoms with Crippen LogP contribution in [0.15, 0.2) is 36.0 Å². The Hall–Kier alpha value is -2.21. The third-order valence-electron chi connectivity index (χ3n) is 2.74. The lowest BCUT2D eigenvalue weighted by Gasteiger charge is -2.04. The maximum absolute atomic E-state index is 5.57. The number of rotatable bonds is 5. The minimum absolute atomic E-state index is 0.698. The van der Waals surface area contributed by atoms with Gasteiger partial charge in [0.15, 0.2) is 10.8 Å². The fourth-order valence-electron chi connectivity index (χ4n) is 1.77. The van der Waals surface area contributed by atoms with Gasteiger partial charge in [-0.05, 0) is 30.7 Å². The van der Waals surface area contributed by atoms with Gasteiger partial charge in [-0.25, -0.2) is 9.97 Å². The van der Waals surface area contributed by atoms with Crippen LogP contribution in [0, 0.1) is 0 Å². The first-order valence-corrected chi connectivity index (χ1v) is 7.29. The summed E-state index contributed by atoms with van der Waals surface area (Å²) in [6, 6.07) is 7.98. The summed E-state index contributed by atoms with van der Waals surface area (Å²) in [4.78, 5) is 8.66. The Morgan fingerprint density at radius 2 is 2.10 bits per heavy atom. The zero-order chi connectivity index (χ0) is 13.8. The monoisotopic (exact) mass is 286 g/mol. The summed E-state index contributed by atoms with van der Waals surface area (Å²) in [6.07, 6.45) is 2.49. The zero-order valence-corrected chi connectivity index (χ0v) is 11.9. The van der Waals surface area contributed by atoms with E-state index < -0.39 is 0 Å². The van der Waals surface area contributed by atoms with Gasteiger partial charge in [0.1, 0.15) is 12.1 Å². The van der Waals surface area contributed by atoms with Crippen LogP contribution in [-0.4, -0.2) is 26.8 Å². The molecular formula is C14H14N4OS. The molecule has 0 aliphatic heterocycles. The van der Waals surface area contributed by atoms with E-state index in [1.165, 1.54) is 6.33 Å². The molecule has 0 radical (unpaired) electrons. The number of aromatic amines is 1. The molecule has 0 saturated carbocycles. The van der Waals surface area contributed by atoms with Crippen molar-refractivity contribution in [3.8, 4) is 27.8 Å². The first kappa shape index (κ1) is 12.8. The standard InChI is InChI=1S/C14H14N4OS/c1-2-7-19-11-5-3-10(4-6-11)12-8-20-14(17-12)13-15-9-16-18-13/h3-6,8-9H,2,7H2,1H3,(H,15,16,18). The summed E-state index contributed by atoms with van der Waals surface area (Å²) >= 11 is 1.54. The number of ether oxygens (including phenoxy) is 1. The third-order valence-corrected chi connectivity index (χ3v) is 3.59. The van der Waals surface area contributed by atoms with Crippen LogP contribution >= 0.6 is 11.3 Å². The topological polar surface area (TPSA) is 63.7 Å². The van der Waals surface area contributed by atoms with Gasteiger partial charge in [-0.15, -0.1) is 11.3 Å². The smallest absolute Gasteiger partial charge is 0.184 e. The van der Waals surface area contributed by atoms with E-state index in [0.717, 1.165) is 35.0 Å². The number of hydrogen-bond donors (Lipinski definition) is 1. The summed E-state index contributed by atoms with van der Waals surface area (Å²) < 4.78 is 5.57. The zero-order valence-electron chi connectivity index (χ0n) is 11.0. The van der Waals surface area contributed by atoms with Crippen LogP contribution in [0.3, 0.4) is 0 Å². The first-order valence-electron chi connectivity index (χ1n) is 6.41. The lowest BCUT2D eigenvalue weighted by Crippen LogP contribution is -1.94. The minimum atomic E-state index is 0.698. The molecule has 0 unspecified atom stereocenters. The molecule has 0 aliphatic rings. The van der Waals surface area contributed by atoms with Crippen LogP contribution < -0.4 is 4.74 Å². The van der Waals surface area contributed by atoms with Gasteiger partial charge in [-0.1, -0.05) is 6.92 Å². The largest absolute Gasteiger partial charge is 0.494 e. The lowest BCUT2D eigenvalue weighted by molar-refractivity contribution is 0.317. The second-order valence-electron chi connectivity index (χ2n) is 4.24. The number of aromatic nitrogens is 4. The number of benzene rings is 1.